The first kappa shape index (κ1) is 70.0. The first-order valence-corrected chi connectivity index (χ1v) is 28.2. The summed E-state index contributed by atoms with van der Waals surface area (Å²) in [5.41, 5.74) is 16.2. The van der Waals surface area contributed by atoms with Crippen LogP contribution in [0.4, 0.5) is 4.79 Å². The Balaban J connectivity index is 1.49. The fraction of sp³-hybridized carbons (Fsp3) is 0.439. The molecule has 1 unspecified atom stereocenters. The smallest absolute Gasteiger partial charge is 0.334 e. The number of hydrogen-bond acceptors (Lipinski definition) is 14. The summed E-state index contributed by atoms with van der Waals surface area (Å²) in [5, 5.41) is 54.8. The highest BCUT2D eigenvalue weighted by atomic mass is 35.5. The molecule has 0 spiro atoms. The van der Waals surface area contributed by atoms with Crippen molar-refractivity contribution >= 4 is 93.6 Å². The van der Waals surface area contributed by atoms with Crippen LogP contribution in [-0.4, -0.2) is 154 Å². The fourth-order valence-electron chi connectivity index (χ4n) is 8.78. The Labute approximate surface area is 507 Å². The number of carbonyl (C=O) groups excluding carboxylic acids is 11. The van der Waals surface area contributed by atoms with E-state index in [9.17, 15) is 63.0 Å². The lowest BCUT2D eigenvalue weighted by atomic mass is 9.99. The van der Waals surface area contributed by atoms with Crippen LogP contribution < -0.4 is 75.5 Å². The number of amides is 12. The maximum absolute atomic E-state index is 14.1. The van der Waals surface area contributed by atoms with Gasteiger partial charge in [0, 0.05) is 61.9 Å². The summed E-state index contributed by atoms with van der Waals surface area (Å²) in [4.78, 5) is 151. The monoisotopic (exact) mass is 1230 g/mol. The van der Waals surface area contributed by atoms with Crippen molar-refractivity contribution in [1.82, 2.24) is 69.0 Å². The summed E-state index contributed by atoms with van der Waals surface area (Å²) < 4.78 is 0. The minimum Gasteiger partial charge on any atom is -0.508 e. The van der Waals surface area contributed by atoms with E-state index < -0.39 is 125 Å². The molecule has 0 fully saturated rings. The molecule has 0 bridgehead atoms. The third-order valence-electron chi connectivity index (χ3n) is 13.4. The van der Waals surface area contributed by atoms with Crippen molar-refractivity contribution in [2.24, 2.45) is 17.4 Å². The summed E-state index contributed by atoms with van der Waals surface area (Å²) in [5.74, 6) is -9.65. The summed E-state index contributed by atoms with van der Waals surface area (Å²) in [6.07, 6.45) is -0.952. The maximum atomic E-state index is 14.1. The van der Waals surface area contributed by atoms with Gasteiger partial charge in [-0.2, -0.15) is 0 Å². The lowest BCUT2D eigenvalue weighted by Crippen LogP contribution is -2.64. The fourth-order valence-corrected chi connectivity index (χ4v) is 8.90. The molecule has 20 N–H and O–H groups in total. The molecule has 4 rings (SSSR count). The first-order valence-electron chi connectivity index (χ1n) is 27.8. The number of phenolic OH excluding ortho intramolecular Hbond substituents is 1. The lowest BCUT2D eigenvalue weighted by Gasteiger charge is -2.30. The molecule has 0 aliphatic heterocycles. The predicted molar refractivity (Wildman–Crippen MR) is 320 cm³/mol. The minimum absolute atomic E-state index is 0.00229. The number of carbonyl (C=O) groups is 11. The summed E-state index contributed by atoms with van der Waals surface area (Å²) >= 11 is 6.11. The van der Waals surface area contributed by atoms with Crippen molar-refractivity contribution in [3.8, 4) is 5.75 Å². The van der Waals surface area contributed by atoms with Crippen LogP contribution in [0.2, 0.25) is 5.02 Å². The standard InChI is InChI=1S/C57H79ClN16O13/c1-29(2)23-41(49(81)66-39(13-10-22-63-55(61)62-7)48(80)67-40(47(60)79)26-34-28-64-38-12-9-8-11-37(34)38)70-56(87)74-73-52(84)43(25-32-14-18-35(58)19-15-32)68-53(85)46(30(3)75)71-50(82)44(27-45(59)78)69-54(86)57(5,6)72-51(83)42(65-31(4)76)24-33-16-20-36(77)21-17-33/h8-9,11-12,14-21,28-30,39-44,46,64,75,77H,10,13,22-27H2,1-7H3,(H2,59,78)(H2,60,79)(H,65,76)(H,66,81)(H,67,80)(H,68,85)(H,69,86)(H,71,82)(H,72,83)(H,73,84)(H3,61,62,63)(H2,70,74,87)/t30-,39+,40+,41+,42-,43+,44+,46?/m1/s1. The molecular weight excluding hydrogens is 1150 g/mol. The molecule has 0 radical (unpaired) electrons. The van der Waals surface area contributed by atoms with Crippen LogP contribution in [0.1, 0.15) is 83.9 Å². The Bertz CT molecular complexity index is 3100. The van der Waals surface area contributed by atoms with Crippen LogP contribution in [-0.2, 0) is 67.2 Å². The van der Waals surface area contributed by atoms with Crippen LogP contribution in [0.15, 0.2) is 79.0 Å². The summed E-state index contributed by atoms with van der Waals surface area (Å²) in [6.45, 7) is 8.55. The van der Waals surface area contributed by atoms with Gasteiger partial charge in [-0.25, -0.2) is 10.2 Å². The van der Waals surface area contributed by atoms with Crippen molar-refractivity contribution in [1.29, 1.82) is 5.41 Å². The number of halogens is 1. The number of nitrogens with one attached hydrogen (secondary N) is 14. The molecule has 1 aromatic heterocycles. The Morgan fingerprint density at radius 2 is 1.23 bits per heavy atom. The van der Waals surface area contributed by atoms with E-state index in [-0.39, 0.29) is 62.7 Å². The highest BCUT2D eigenvalue weighted by Crippen LogP contribution is 2.20. The van der Waals surface area contributed by atoms with Crippen LogP contribution in [0.5, 0.6) is 5.75 Å². The number of rotatable bonds is 31. The third kappa shape index (κ3) is 23.1. The summed E-state index contributed by atoms with van der Waals surface area (Å²) in [6, 6.07) is 7.71. The third-order valence-corrected chi connectivity index (χ3v) is 13.6. The van der Waals surface area contributed by atoms with Gasteiger partial charge in [0.05, 0.1) is 12.5 Å². The number of fused-ring (bicyclic) bond motifs is 1. The van der Waals surface area contributed by atoms with Gasteiger partial charge in [0.25, 0.3) is 5.91 Å². The number of para-hydroxylation sites is 1. The van der Waals surface area contributed by atoms with Gasteiger partial charge in [-0.05, 0) is 93.0 Å². The quantitative estimate of drug-likeness (QED) is 0.0117. The summed E-state index contributed by atoms with van der Waals surface area (Å²) in [7, 11) is 1.54. The number of guanidine groups is 1. The number of aliphatic hydroxyl groups excluding tert-OH is 1. The number of H-pyrrole nitrogens is 1. The second-order valence-corrected chi connectivity index (χ2v) is 22.0. The van der Waals surface area contributed by atoms with Gasteiger partial charge < -0.3 is 79.8 Å². The zero-order valence-electron chi connectivity index (χ0n) is 49.3. The van der Waals surface area contributed by atoms with E-state index in [1.165, 1.54) is 76.3 Å². The molecule has 1 heterocycles. The maximum Gasteiger partial charge on any atom is 0.334 e. The number of aromatic hydroxyl groups is 1. The number of nitrogens with two attached hydrogens (primary N) is 2. The Kier molecular flexibility index (Phi) is 26.7. The Morgan fingerprint density at radius 3 is 1.82 bits per heavy atom. The zero-order chi connectivity index (χ0) is 64.7. The highest BCUT2D eigenvalue weighted by molar-refractivity contribution is 6.30. The Morgan fingerprint density at radius 1 is 0.655 bits per heavy atom. The van der Waals surface area contributed by atoms with E-state index in [0.29, 0.717) is 21.7 Å². The molecule has 0 saturated heterocycles. The second-order valence-electron chi connectivity index (χ2n) is 21.6. The molecule has 472 valence electrons. The molecule has 4 aromatic rings. The van der Waals surface area contributed by atoms with E-state index in [1.807, 2.05) is 24.3 Å². The molecule has 30 heteroatoms. The molecular formula is C57H79ClN16O13. The van der Waals surface area contributed by atoms with Crippen LogP contribution >= 0.6 is 11.6 Å². The highest BCUT2D eigenvalue weighted by Gasteiger charge is 2.38. The molecule has 8 atom stereocenters. The average molecular weight is 1230 g/mol. The number of hydrogen-bond donors (Lipinski definition) is 18. The van der Waals surface area contributed by atoms with Crippen LogP contribution in [0.3, 0.4) is 0 Å². The van der Waals surface area contributed by atoms with Gasteiger partial charge in [0.15, 0.2) is 5.96 Å². The van der Waals surface area contributed by atoms with Crippen molar-refractivity contribution < 1.29 is 63.0 Å². The number of primary amides is 2. The number of benzene rings is 3. The van der Waals surface area contributed by atoms with Crippen LogP contribution in [0.25, 0.3) is 10.9 Å². The van der Waals surface area contributed by atoms with E-state index in [4.69, 9.17) is 28.5 Å². The number of aromatic amines is 1. The molecule has 0 aliphatic carbocycles. The van der Waals surface area contributed by atoms with Gasteiger partial charge in [-0.1, -0.05) is 67.9 Å². The number of aliphatic hydroxyl groups is 1. The number of phenols is 1. The zero-order valence-corrected chi connectivity index (χ0v) is 50.0. The van der Waals surface area contributed by atoms with Crippen molar-refractivity contribution in [3.63, 3.8) is 0 Å². The molecule has 87 heavy (non-hydrogen) atoms. The van der Waals surface area contributed by atoms with Crippen LogP contribution in [0, 0.1) is 11.3 Å². The molecule has 12 amide bonds. The van der Waals surface area contributed by atoms with Gasteiger partial charge in [0.1, 0.15) is 53.6 Å². The molecule has 0 aliphatic rings. The van der Waals surface area contributed by atoms with Crippen molar-refractivity contribution in [2.45, 2.75) is 140 Å². The van der Waals surface area contributed by atoms with E-state index in [0.717, 1.165) is 17.8 Å². The topological polar surface area (TPSA) is 464 Å². The Hall–Kier alpha value is -9.51. The SMILES string of the molecule is CNC(=N)NCCC[C@H](NC(=O)[C@H](CC(C)C)NC(=O)NNC(=O)[C@H](Cc1ccc(Cl)cc1)NC(=O)C(NC(=O)[C@H](CC(N)=O)NC(=O)C(C)(C)NC(=O)[C@@H](Cc1ccc(O)cc1)NC(C)=O)[C@@H](C)O)C(=O)N[C@@H](Cc1c[nH]c2ccccc12)C(N)=O. The number of urea groups is 1. The van der Waals surface area contributed by atoms with Crippen molar-refractivity contribution in [3.05, 3.63) is 101 Å². The normalized spacial score (nSPS) is 13.9. The van der Waals surface area contributed by atoms with E-state index >= 15 is 0 Å². The first-order chi connectivity index (χ1) is 41.0. The molecule has 29 nitrogen and oxygen atoms in total. The second kappa shape index (κ2) is 33.3. The largest absolute Gasteiger partial charge is 0.508 e. The number of aromatic nitrogens is 1. The lowest BCUT2D eigenvalue weighted by molar-refractivity contribution is -0.138. The molecule has 3 aromatic carbocycles. The van der Waals surface area contributed by atoms with E-state index in [2.05, 4.69) is 69.0 Å². The van der Waals surface area contributed by atoms with Gasteiger partial charge >= 0.3 is 6.03 Å². The minimum atomic E-state index is -1.90. The molecule has 0 saturated carbocycles. The average Bonchev–Trinajstić information content (AvgIpc) is 3.73. The van der Waals surface area contributed by atoms with Gasteiger partial charge in [-0.3, -0.25) is 58.8 Å². The van der Waals surface area contributed by atoms with Gasteiger partial charge in [-0.15, -0.1) is 0 Å². The number of hydrazine groups is 1. The van der Waals surface area contributed by atoms with Crippen molar-refractivity contribution in [2.75, 3.05) is 13.6 Å². The van der Waals surface area contributed by atoms with Gasteiger partial charge in [0.2, 0.25) is 53.2 Å². The predicted octanol–water partition coefficient (Wildman–Crippen LogP) is -1.61. The van der Waals surface area contributed by atoms with E-state index in [1.54, 1.807) is 20.0 Å².